The molecule has 1 aromatic heterocycles. The van der Waals surface area contributed by atoms with Gasteiger partial charge < -0.3 is 35.4 Å². The Balaban J connectivity index is 0.00000616. The number of halogens is 2. The van der Waals surface area contributed by atoms with Crippen LogP contribution in [0.3, 0.4) is 0 Å². The first-order valence-corrected chi connectivity index (χ1v) is 15.9. The molecule has 0 aliphatic heterocycles. The minimum atomic E-state index is 0. The van der Waals surface area contributed by atoms with Crippen LogP contribution in [0.2, 0.25) is 0 Å². The van der Waals surface area contributed by atoms with Crippen molar-refractivity contribution in [2.24, 2.45) is 0 Å². The topological polar surface area (TPSA) is 40.2 Å². The predicted octanol–water partition coefficient (Wildman–Crippen LogP) is 3.61. The fraction of sp³-hybridized carbons (Fsp3) is 0.541. The van der Waals surface area contributed by atoms with Gasteiger partial charge in [-0.2, -0.15) is 0 Å². The van der Waals surface area contributed by atoms with Gasteiger partial charge in [0, 0.05) is 50.3 Å². The molecule has 2 N–H and O–H groups in total. The Morgan fingerprint density at radius 3 is 1.45 bits per heavy atom. The second kappa shape index (κ2) is 20.4. The SMILES string of the molecule is Cc1cc(C(C)C)c(NCCCN(CCNc2c(C(C)C)cc(C)cc2C(C)C)Cc2ccccn2)c(C(C)C)c1.[Cl-].[Cl-].[Co+2]. The normalized spacial score (nSPS) is 11.1. The number of rotatable bonds is 15. The maximum atomic E-state index is 4.64. The van der Waals surface area contributed by atoms with Gasteiger partial charge in [0.15, 0.2) is 0 Å². The summed E-state index contributed by atoms with van der Waals surface area (Å²) >= 11 is 0. The number of anilines is 2. The van der Waals surface area contributed by atoms with Gasteiger partial charge in [0.1, 0.15) is 0 Å². The zero-order chi connectivity index (χ0) is 30.1. The van der Waals surface area contributed by atoms with Crippen molar-refractivity contribution in [3.05, 3.63) is 87.7 Å². The number of nitrogens with one attached hydrogen (secondary N) is 2. The summed E-state index contributed by atoms with van der Waals surface area (Å²) < 4.78 is 0. The van der Waals surface area contributed by atoms with Gasteiger partial charge in [-0.25, -0.2) is 0 Å². The number of pyridine rings is 1. The van der Waals surface area contributed by atoms with Crippen LogP contribution in [0, 0.1) is 13.8 Å². The average molecular weight is 687 g/mol. The van der Waals surface area contributed by atoms with Crippen molar-refractivity contribution in [2.45, 2.75) is 106 Å². The van der Waals surface area contributed by atoms with Crippen molar-refractivity contribution in [1.29, 1.82) is 0 Å². The molecular weight excluding hydrogens is 630 g/mol. The summed E-state index contributed by atoms with van der Waals surface area (Å²) in [7, 11) is 0. The van der Waals surface area contributed by atoms with Crippen molar-refractivity contribution in [3.63, 3.8) is 0 Å². The molecule has 3 rings (SSSR count). The molecule has 4 nitrogen and oxygen atoms in total. The van der Waals surface area contributed by atoms with Crippen LogP contribution in [-0.4, -0.2) is 36.1 Å². The molecule has 247 valence electrons. The van der Waals surface area contributed by atoms with Gasteiger partial charge >= 0.3 is 16.8 Å². The van der Waals surface area contributed by atoms with E-state index in [2.05, 4.69) is 126 Å². The van der Waals surface area contributed by atoms with E-state index in [1.54, 1.807) is 0 Å². The summed E-state index contributed by atoms with van der Waals surface area (Å²) in [6, 6.07) is 15.7. The van der Waals surface area contributed by atoms with E-state index in [1.165, 1.54) is 44.8 Å². The van der Waals surface area contributed by atoms with Crippen LogP contribution in [-0.2, 0) is 23.3 Å². The van der Waals surface area contributed by atoms with Crippen LogP contribution in [0.1, 0.15) is 125 Å². The third-order valence-electron chi connectivity index (χ3n) is 7.97. The molecule has 2 aromatic carbocycles. The molecule has 0 bridgehead atoms. The maximum Gasteiger partial charge on any atom is 2.00 e. The summed E-state index contributed by atoms with van der Waals surface area (Å²) in [6.07, 6.45) is 2.98. The van der Waals surface area contributed by atoms with Crippen LogP contribution < -0.4 is 35.4 Å². The van der Waals surface area contributed by atoms with E-state index >= 15 is 0 Å². The molecular formula is C37H56Cl2CoN4. The largest absolute Gasteiger partial charge is 2.00 e. The zero-order valence-corrected chi connectivity index (χ0v) is 31.2. The summed E-state index contributed by atoms with van der Waals surface area (Å²) in [5, 5.41) is 7.73. The average Bonchev–Trinajstić information content (AvgIpc) is 2.91. The number of aromatic nitrogens is 1. The molecule has 0 saturated carbocycles. The van der Waals surface area contributed by atoms with Gasteiger partial charge in [-0.3, -0.25) is 9.88 Å². The Hall–Kier alpha value is -1.76. The van der Waals surface area contributed by atoms with Gasteiger partial charge in [0.05, 0.1) is 5.69 Å². The van der Waals surface area contributed by atoms with Crippen molar-refractivity contribution < 1.29 is 41.6 Å². The Labute approximate surface area is 292 Å². The molecule has 0 fully saturated rings. The third kappa shape index (κ3) is 12.2. The minimum absolute atomic E-state index is 0. The van der Waals surface area contributed by atoms with E-state index in [-0.39, 0.29) is 41.6 Å². The van der Waals surface area contributed by atoms with Gasteiger partial charge in [-0.15, -0.1) is 0 Å². The monoisotopic (exact) mass is 685 g/mol. The van der Waals surface area contributed by atoms with E-state index in [0.29, 0.717) is 23.7 Å². The second-order valence-electron chi connectivity index (χ2n) is 13.1. The van der Waals surface area contributed by atoms with E-state index in [4.69, 9.17) is 0 Å². The predicted molar refractivity (Wildman–Crippen MR) is 180 cm³/mol. The van der Waals surface area contributed by atoms with Gasteiger partial charge in [0.25, 0.3) is 0 Å². The fourth-order valence-electron chi connectivity index (χ4n) is 5.76. The zero-order valence-electron chi connectivity index (χ0n) is 28.7. The molecule has 0 amide bonds. The summed E-state index contributed by atoms with van der Waals surface area (Å²) in [4.78, 5) is 7.19. The molecule has 0 aliphatic carbocycles. The van der Waals surface area contributed by atoms with E-state index in [9.17, 15) is 0 Å². The van der Waals surface area contributed by atoms with Crippen LogP contribution in [0.15, 0.2) is 48.7 Å². The first-order valence-electron chi connectivity index (χ1n) is 15.9. The standard InChI is InChI=1S/C37H56N4.2ClH.Co/c1-25(2)32-20-29(9)21-33(26(3)4)36(32)39-16-13-18-41(24-31-14-11-12-15-38-31)19-17-40-37-34(27(5)6)22-30(10)23-35(37)28(7)8;;;/h11-12,14-15,20-23,25-28,39-40H,13,16-19,24H2,1-10H3;2*1H;/q;;;+2/p-2. The van der Waals surface area contributed by atoms with Crippen molar-refractivity contribution in [3.8, 4) is 0 Å². The number of hydrogen-bond donors (Lipinski definition) is 2. The Kier molecular flexibility index (Phi) is 19.6. The summed E-state index contributed by atoms with van der Waals surface area (Å²) in [6.45, 7) is 27.6. The van der Waals surface area contributed by atoms with Crippen LogP contribution in [0.25, 0.3) is 0 Å². The molecule has 0 atom stereocenters. The molecule has 44 heavy (non-hydrogen) atoms. The molecule has 3 aromatic rings. The molecule has 1 heterocycles. The fourth-order valence-corrected chi connectivity index (χ4v) is 5.76. The van der Waals surface area contributed by atoms with E-state index in [0.717, 1.165) is 44.8 Å². The molecule has 7 heteroatoms. The number of nitrogens with zero attached hydrogens (tertiary/aromatic N) is 2. The van der Waals surface area contributed by atoms with Crippen molar-refractivity contribution in [2.75, 3.05) is 36.8 Å². The minimum Gasteiger partial charge on any atom is -1.00 e. The first-order chi connectivity index (χ1) is 19.5. The van der Waals surface area contributed by atoms with Gasteiger partial charge in [0.2, 0.25) is 0 Å². The summed E-state index contributed by atoms with van der Waals surface area (Å²) in [5.41, 5.74) is 12.2. The molecule has 0 saturated heterocycles. The van der Waals surface area contributed by atoms with E-state index in [1.807, 2.05) is 12.3 Å². The Morgan fingerprint density at radius 1 is 0.636 bits per heavy atom. The second-order valence-corrected chi connectivity index (χ2v) is 13.1. The molecule has 0 spiro atoms. The van der Waals surface area contributed by atoms with E-state index < -0.39 is 0 Å². The molecule has 0 unspecified atom stereocenters. The van der Waals surface area contributed by atoms with Crippen LogP contribution >= 0.6 is 0 Å². The third-order valence-corrected chi connectivity index (χ3v) is 7.97. The summed E-state index contributed by atoms with van der Waals surface area (Å²) in [5.74, 6) is 1.96. The quantitative estimate of drug-likeness (QED) is 0.240. The molecule has 1 radical (unpaired) electrons. The number of aryl methyl sites for hydroxylation is 2. The maximum absolute atomic E-state index is 4.64. The van der Waals surface area contributed by atoms with Crippen molar-refractivity contribution in [1.82, 2.24) is 9.88 Å². The Bertz CT molecular complexity index is 1190. The Morgan fingerprint density at radius 2 is 1.07 bits per heavy atom. The van der Waals surface area contributed by atoms with Crippen molar-refractivity contribution >= 4 is 11.4 Å². The first kappa shape index (κ1) is 42.2. The van der Waals surface area contributed by atoms with Gasteiger partial charge in [-0.05, 0) is 78.3 Å². The number of hydrogen-bond acceptors (Lipinski definition) is 4. The smallest absolute Gasteiger partial charge is 1.00 e. The van der Waals surface area contributed by atoms with Gasteiger partial charge in [-0.1, -0.05) is 96.8 Å². The van der Waals surface area contributed by atoms with Crippen LogP contribution in [0.5, 0.6) is 0 Å². The van der Waals surface area contributed by atoms with Crippen LogP contribution in [0.4, 0.5) is 11.4 Å². The number of benzene rings is 2. The molecule has 0 aliphatic rings.